The highest BCUT2D eigenvalue weighted by Crippen LogP contribution is 2.29. The number of nitrogens with two attached hydrogens (primary N) is 3. The number of nitrogens with zero attached hydrogens (tertiary/aromatic N) is 4. The summed E-state index contributed by atoms with van der Waals surface area (Å²) in [5, 5.41) is 8.35. The predicted octanol–water partition coefficient (Wildman–Crippen LogP) is 6.70. The normalized spacial score (nSPS) is 11.1. The number of anilines is 3. The van der Waals surface area contributed by atoms with Crippen molar-refractivity contribution >= 4 is 51.0 Å². The van der Waals surface area contributed by atoms with Crippen LogP contribution in [-0.2, 0) is 13.0 Å². The Labute approximate surface area is 262 Å². The number of benzene rings is 2. The molecule has 7 N–H and O–H groups in total. The van der Waals surface area contributed by atoms with E-state index in [-0.39, 0.29) is 19.2 Å². The van der Waals surface area contributed by atoms with E-state index in [1.165, 1.54) is 0 Å². The van der Waals surface area contributed by atoms with Crippen LogP contribution < -0.4 is 17.2 Å². The number of fused-ring (bicyclic) bond motifs is 3. The molecule has 0 amide bonds. The van der Waals surface area contributed by atoms with E-state index in [1.54, 1.807) is 6.20 Å². The molecule has 3 heterocycles. The van der Waals surface area contributed by atoms with E-state index < -0.39 is 46.2 Å². The van der Waals surface area contributed by atoms with Gasteiger partial charge in [-0.05, 0) is 55.7 Å². The van der Waals surface area contributed by atoms with Gasteiger partial charge in [-0.15, -0.1) is 0 Å². The minimum absolute atomic E-state index is 0. The molecular formula is C32H35F4N7O3. The van der Waals surface area contributed by atoms with Gasteiger partial charge in [0.1, 0.15) is 57.0 Å². The molecule has 0 aliphatic heterocycles. The molecule has 0 fully saturated rings. The number of hydrogen-bond donors (Lipinski definition) is 4. The Morgan fingerprint density at radius 2 is 1.46 bits per heavy atom. The first-order valence-electron chi connectivity index (χ1n) is 14.6. The van der Waals surface area contributed by atoms with Crippen molar-refractivity contribution in [3.8, 4) is 0 Å². The third-order valence-corrected chi connectivity index (χ3v) is 7.31. The number of pyridine rings is 2. The maximum absolute atomic E-state index is 13.6. The third kappa shape index (κ3) is 7.50. The van der Waals surface area contributed by atoms with Crippen LogP contribution in [0.25, 0.3) is 22.1 Å². The number of hydrogen-bond acceptors (Lipinski definition) is 8. The van der Waals surface area contributed by atoms with Crippen molar-refractivity contribution in [1.82, 2.24) is 19.5 Å². The van der Waals surface area contributed by atoms with Crippen LogP contribution in [0.4, 0.5) is 34.8 Å². The molecule has 14 heteroatoms. The molecule has 10 nitrogen and oxygen atoms in total. The van der Waals surface area contributed by atoms with Crippen LogP contribution in [0.1, 0.15) is 73.4 Å². The number of Topliss-reactive ketones (excluding diaryl/α,β-unsaturated/α-hetero) is 1. The molecule has 2 aromatic carbocycles. The lowest BCUT2D eigenvalue weighted by Crippen LogP contribution is -2.06. The van der Waals surface area contributed by atoms with Crippen LogP contribution in [0.2, 0.25) is 0 Å². The lowest BCUT2D eigenvalue weighted by molar-refractivity contribution is 0.0695. The Bertz CT molecular complexity index is 1870. The number of imidazole rings is 1. The second-order valence-corrected chi connectivity index (χ2v) is 10.6. The molecule has 0 saturated heterocycles. The number of carbonyl (C=O) groups is 2. The predicted molar refractivity (Wildman–Crippen MR) is 169 cm³/mol. The summed E-state index contributed by atoms with van der Waals surface area (Å²) >= 11 is 0. The van der Waals surface area contributed by atoms with E-state index in [0.717, 1.165) is 66.6 Å². The first kappa shape index (κ1) is 33.6. The molecule has 46 heavy (non-hydrogen) atoms. The number of nitrogen functional groups attached to an aromatic ring is 3. The minimum Gasteiger partial charge on any atom is -0.478 e. The molecule has 244 valence electrons. The zero-order chi connectivity index (χ0) is 33.5. The lowest BCUT2D eigenvalue weighted by atomic mass is 10.0. The van der Waals surface area contributed by atoms with Gasteiger partial charge >= 0.3 is 5.97 Å². The van der Waals surface area contributed by atoms with Crippen LogP contribution in [0.15, 0.2) is 42.6 Å². The monoisotopic (exact) mass is 642 g/mol. The van der Waals surface area contributed by atoms with E-state index in [9.17, 15) is 27.2 Å². The first-order chi connectivity index (χ1) is 21.9. The molecule has 0 spiro atoms. The van der Waals surface area contributed by atoms with Crippen molar-refractivity contribution in [2.24, 2.45) is 0 Å². The number of carboxylic acid groups (broad SMARTS) is 1. The highest BCUT2D eigenvalue weighted by molar-refractivity contribution is 6.04. The fourth-order valence-corrected chi connectivity index (χ4v) is 4.87. The second kappa shape index (κ2) is 14.7. The molecular weight excluding hydrogens is 606 g/mol. The lowest BCUT2D eigenvalue weighted by Gasteiger charge is -2.10. The van der Waals surface area contributed by atoms with Crippen molar-refractivity contribution in [3.05, 3.63) is 82.8 Å². The smallest absolute Gasteiger partial charge is 0.335 e. The largest absolute Gasteiger partial charge is 0.478 e. The third-order valence-electron chi connectivity index (χ3n) is 7.31. The van der Waals surface area contributed by atoms with E-state index >= 15 is 0 Å². The van der Waals surface area contributed by atoms with E-state index in [2.05, 4.69) is 21.5 Å². The van der Waals surface area contributed by atoms with Gasteiger partial charge in [-0.2, -0.15) is 0 Å². The van der Waals surface area contributed by atoms with Crippen LogP contribution in [0, 0.1) is 23.3 Å². The molecule has 5 rings (SSSR count). The Morgan fingerprint density at radius 3 is 2.04 bits per heavy atom. The summed E-state index contributed by atoms with van der Waals surface area (Å²) < 4.78 is 54.6. The van der Waals surface area contributed by atoms with E-state index in [1.807, 2.05) is 12.1 Å². The van der Waals surface area contributed by atoms with Gasteiger partial charge in [0, 0.05) is 32.6 Å². The van der Waals surface area contributed by atoms with Crippen molar-refractivity contribution < 1.29 is 33.7 Å². The number of ketones is 1. The van der Waals surface area contributed by atoms with Crippen LogP contribution >= 0.6 is 0 Å². The number of aromatic carboxylic acids is 1. The second-order valence-electron chi connectivity index (χ2n) is 10.6. The van der Waals surface area contributed by atoms with Crippen molar-refractivity contribution in [1.29, 1.82) is 0 Å². The number of carboxylic acids is 1. The van der Waals surface area contributed by atoms with Crippen LogP contribution in [0.3, 0.4) is 0 Å². The van der Waals surface area contributed by atoms with E-state index in [0.29, 0.717) is 36.4 Å². The highest BCUT2D eigenvalue weighted by Gasteiger charge is 2.18. The average Bonchev–Trinajstić information content (AvgIpc) is 3.40. The fraction of sp³-hybridized carbons (Fsp3) is 0.281. The number of unbranched alkanes of at least 4 members (excludes halogenated alkanes) is 3. The summed E-state index contributed by atoms with van der Waals surface area (Å²) in [6, 6.07) is 7.04. The van der Waals surface area contributed by atoms with Gasteiger partial charge in [0.2, 0.25) is 0 Å². The zero-order valence-electron chi connectivity index (χ0n) is 25.0. The molecule has 0 aliphatic rings. The quantitative estimate of drug-likeness (QED) is 0.0528. The highest BCUT2D eigenvalue weighted by atomic mass is 19.1. The van der Waals surface area contributed by atoms with Gasteiger partial charge in [0.15, 0.2) is 11.6 Å². The Hall–Kier alpha value is -5.27. The van der Waals surface area contributed by atoms with Crippen LogP contribution in [0.5, 0.6) is 0 Å². The summed E-state index contributed by atoms with van der Waals surface area (Å²) in [5.74, 6) is -4.31. The molecule has 0 saturated carbocycles. The van der Waals surface area contributed by atoms with Crippen molar-refractivity contribution in [2.75, 3.05) is 17.2 Å². The molecule has 5 aromatic rings. The van der Waals surface area contributed by atoms with E-state index in [4.69, 9.17) is 27.3 Å². The maximum atomic E-state index is 13.6. The van der Waals surface area contributed by atoms with Gasteiger partial charge in [0.05, 0.1) is 11.1 Å². The number of halogens is 4. The maximum Gasteiger partial charge on any atom is 0.335 e. The molecule has 0 radical (unpaired) electrons. The van der Waals surface area contributed by atoms with Crippen LogP contribution in [-0.4, -0.2) is 36.4 Å². The Morgan fingerprint density at radius 1 is 0.848 bits per heavy atom. The first-order valence-corrected chi connectivity index (χ1v) is 14.6. The molecule has 0 aliphatic carbocycles. The van der Waals surface area contributed by atoms with Gasteiger partial charge in [-0.1, -0.05) is 19.8 Å². The zero-order valence-corrected chi connectivity index (χ0v) is 25.0. The topological polar surface area (TPSA) is 176 Å². The molecule has 0 bridgehead atoms. The number of rotatable bonds is 11. The van der Waals surface area contributed by atoms with Gasteiger partial charge in [-0.25, -0.2) is 32.3 Å². The standard InChI is InChI=1S/C25H28F2N6O.C7H5F2NO2.H2/c1-2-3-10-20-32-23-24(22-18(31-25(23)29)8-7-11-30-22)33(20)12-6-4-5-9-19(34)15-13-16(26)21(28)17(27)14-15;8-4-1-3(7(11)12)2-5(9)6(4)10;/h7-8,11,13-14H,2-6,9-10,12,28H2,1H3,(H2,29,31);1-2H,10H2,(H,11,12);1H/i;;1+1. The number of aryl methyl sites for hydroxylation is 2. The summed E-state index contributed by atoms with van der Waals surface area (Å²) in [6.07, 6.45) is 6.99. The van der Waals surface area contributed by atoms with Crippen molar-refractivity contribution in [2.45, 2.75) is 58.4 Å². The minimum atomic E-state index is -1.40. The summed E-state index contributed by atoms with van der Waals surface area (Å²) in [6.45, 7) is 2.83. The van der Waals surface area contributed by atoms with Crippen molar-refractivity contribution in [3.63, 3.8) is 0 Å². The number of aromatic nitrogens is 4. The number of carbonyl (C=O) groups excluding carboxylic acids is 1. The molecule has 3 aromatic heterocycles. The summed E-state index contributed by atoms with van der Waals surface area (Å²) in [4.78, 5) is 36.4. The molecule has 0 atom stereocenters. The average molecular weight is 643 g/mol. The van der Waals surface area contributed by atoms with Gasteiger partial charge in [-0.3, -0.25) is 9.78 Å². The Balaban J connectivity index is 0.000000391. The molecule has 0 unspecified atom stereocenters. The van der Waals surface area contributed by atoms with Gasteiger partial charge < -0.3 is 26.9 Å². The SMILES string of the molecule is CCCCc1nc2c(N)nc3cccnc3c2n1CCCCCC(=O)c1cc(F)c(N)c(F)c1.Nc1c(F)cc(C(=O)O)cc1F.[2HH]. The van der Waals surface area contributed by atoms with Gasteiger partial charge in [0.25, 0.3) is 0 Å². The Kier molecular flexibility index (Phi) is 10.7. The summed E-state index contributed by atoms with van der Waals surface area (Å²) in [7, 11) is 0. The summed E-state index contributed by atoms with van der Waals surface area (Å²) in [5.41, 5.74) is 17.8. The fourth-order valence-electron chi connectivity index (χ4n) is 4.87.